The smallest absolute Gasteiger partial charge is 0.0340 e. The second kappa shape index (κ2) is 3.91. The Kier molecular flexibility index (Phi) is 2.41. The zero-order valence-corrected chi connectivity index (χ0v) is 11.0. The van der Waals surface area contributed by atoms with Crippen molar-refractivity contribution in [1.29, 1.82) is 0 Å². The van der Waals surface area contributed by atoms with Gasteiger partial charge in [-0.2, -0.15) is 0 Å². The topological polar surface area (TPSA) is 0 Å². The third-order valence-corrected chi connectivity index (χ3v) is 5.57. The molecule has 3 rings (SSSR count). The molecule has 2 aromatic carbocycles. The number of fused-ring (bicyclic) bond motifs is 3. The third-order valence-electron chi connectivity index (χ3n) is 3.54. The van der Waals surface area contributed by atoms with Crippen molar-refractivity contribution >= 4 is 9.52 Å². The highest BCUT2D eigenvalue weighted by atomic mass is 28.2. The predicted octanol–water partition coefficient (Wildman–Crippen LogP) is 3.36. The molecular formula is C15H16Si. The van der Waals surface area contributed by atoms with E-state index in [-0.39, 0.29) is 9.52 Å². The molecule has 0 fully saturated rings. The van der Waals surface area contributed by atoms with Gasteiger partial charge in [-0.1, -0.05) is 61.5 Å². The van der Waals surface area contributed by atoms with Crippen LogP contribution >= 0.6 is 0 Å². The minimum atomic E-state index is -0.0192. The lowest BCUT2D eigenvalue weighted by molar-refractivity contribution is 1.16. The molecule has 0 unspecified atom stereocenters. The van der Waals surface area contributed by atoms with E-state index in [1.807, 2.05) is 0 Å². The molecule has 0 amide bonds. The van der Waals surface area contributed by atoms with E-state index in [0.29, 0.717) is 0 Å². The molecule has 1 aliphatic carbocycles. The summed E-state index contributed by atoms with van der Waals surface area (Å²) in [5.41, 5.74) is 6.87. The van der Waals surface area contributed by atoms with Crippen molar-refractivity contribution in [2.24, 2.45) is 0 Å². The van der Waals surface area contributed by atoms with Crippen molar-refractivity contribution < 1.29 is 0 Å². The van der Waals surface area contributed by atoms with E-state index in [9.17, 15) is 0 Å². The van der Waals surface area contributed by atoms with Crippen LogP contribution in [0.15, 0.2) is 48.5 Å². The lowest BCUT2D eigenvalue weighted by Gasteiger charge is -2.10. The summed E-state index contributed by atoms with van der Waals surface area (Å²) in [5, 5.41) is 0. The van der Waals surface area contributed by atoms with Gasteiger partial charge in [0.25, 0.3) is 0 Å². The SMILES string of the molecule is CC[SiH2]C1c2ccccc2-c2ccccc21. The molecule has 0 radical (unpaired) electrons. The lowest BCUT2D eigenvalue weighted by atomic mass is 10.1. The Morgan fingerprint density at radius 3 is 1.88 bits per heavy atom. The van der Waals surface area contributed by atoms with E-state index in [2.05, 4.69) is 55.5 Å². The molecule has 0 nitrogen and oxygen atoms in total. The van der Waals surface area contributed by atoms with Gasteiger partial charge in [-0.3, -0.25) is 0 Å². The average Bonchev–Trinajstić information content (AvgIpc) is 2.66. The molecule has 2 aromatic rings. The van der Waals surface area contributed by atoms with Crippen molar-refractivity contribution in [1.82, 2.24) is 0 Å². The Hall–Kier alpha value is -1.34. The molecule has 0 bridgehead atoms. The first-order chi connectivity index (χ1) is 7.92. The summed E-state index contributed by atoms with van der Waals surface area (Å²) >= 11 is 0. The largest absolute Gasteiger partial charge is 0.0682 e. The van der Waals surface area contributed by atoms with Crippen LogP contribution in [0.4, 0.5) is 0 Å². The minimum Gasteiger partial charge on any atom is -0.0682 e. The zero-order chi connectivity index (χ0) is 11.0. The van der Waals surface area contributed by atoms with Crippen LogP contribution in [-0.4, -0.2) is 9.52 Å². The van der Waals surface area contributed by atoms with Gasteiger partial charge in [0.1, 0.15) is 0 Å². The normalized spacial score (nSPS) is 14.3. The monoisotopic (exact) mass is 224 g/mol. The van der Waals surface area contributed by atoms with Gasteiger partial charge >= 0.3 is 0 Å². The fourth-order valence-electron chi connectivity index (χ4n) is 2.86. The quantitative estimate of drug-likeness (QED) is 0.686. The fourth-order valence-corrected chi connectivity index (χ4v) is 4.77. The van der Waals surface area contributed by atoms with Crippen molar-refractivity contribution in [2.75, 3.05) is 0 Å². The van der Waals surface area contributed by atoms with Crippen LogP contribution in [0.1, 0.15) is 23.6 Å². The zero-order valence-electron chi connectivity index (χ0n) is 9.61. The molecule has 0 heterocycles. The first-order valence-electron chi connectivity index (χ1n) is 6.10. The number of rotatable bonds is 2. The van der Waals surface area contributed by atoms with Gasteiger partial charge < -0.3 is 0 Å². The second-order valence-corrected chi connectivity index (χ2v) is 6.91. The highest BCUT2D eigenvalue weighted by Gasteiger charge is 2.26. The van der Waals surface area contributed by atoms with E-state index >= 15 is 0 Å². The molecule has 1 aliphatic rings. The molecule has 16 heavy (non-hydrogen) atoms. The number of hydrogen-bond donors (Lipinski definition) is 0. The second-order valence-electron chi connectivity index (χ2n) is 4.52. The van der Waals surface area contributed by atoms with Gasteiger partial charge in [0.15, 0.2) is 0 Å². The highest BCUT2D eigenvalue weighted by molar-refractivity contribution is 6.40. The van der Waals surface area contributed by atoms with E-state index in [4.69, 9.17) is 0 Å². The van der Waals surface area contributed by atoms with Gasteiger partial charge in [0.05, 0.1) is 0 Å². The Morgan fingerprint density at radius 1 is 0.875 bits per heavy atom. The Morgan fingerprint density at radius 2 is 1.38 bits per heavy atom. The lowest BCUT2D eigenvalue weighted by Crippen LogP contribution is -2.04. The Bertz CT molecular complexity index is 471. The third kappa shape index (κ3) is 1.35. The van der Waals surface area contributed by atoms with Crippen LogP contribution in [0.2, 0.25) is 6.04 Å². The maximum Gasteiger partial charge on any atom is 0.0340 e. The van der Waals surface area contributed by atoms with Gasteiger partial charge in [-0.15, -0.1) is 0 Å². The van der Waals surface area contributed by atoms with Gasteiger partial charge in [-0.05, 0) is 27.8 Å². The van der Waals surface area contributed by atoms with E-state index < -0.39 is 0 Å². The summed E-state index contributed by atoms with van der Waals surface area (Å²) in [6.07, 6.45) is 0. The molecule has 0 aromatic heterocycles. The van der Waals surface area contributed by atoms with Crippen molar-refractivity contribution in [3.63, 3.8) is 0 Å². The van der Waals surface area contributed by atoms with Crippen molar-refractivity contribution in [2.45, 2.75) is 18.5 Å². The van der Waals surface area contributed by atoms with Crippen molar-refractivity contribution in [3.05, 3.63) is 59.7 Å². The summed E-state index contributed by atoms with van der Waals surface area (Å²) in [6.45, 7) is 2.33. The molecular weight excluding hydrogens is 208 g/mol. The summed E-state index contributed by atoms with van der Waals surface area (Å²) in [4.78, 5) is 0. The molecule has 0 spiro atoms. The van der Waals surface area contributed by atoms with Crippen LogP contribution in [0, 0.1) is 0 Å². The van der Waals surface area contributed by atoms with Crippen LogP contribution in [0.25, 0.3) is 11.1 Å². The van der Waals surface area contributed by atoms with Crippen LogP contribution in [-0.2, 0) is 0 Å². The molecule has 0 atom stereocenters. The standard InChI is InChI=1S/C15H16Si/c1-2-16-15-13-9-5-3-7-11(13)12-8-4-6-10-14(12)15/h3-10,15H,2,16H2,1H3. The summed E-state index contributed by atoms with van der Waals surface area (Å²) in [5.74, 6) is 0. The predicted molar refractivity (Wildman–Crippen MR) is 72.7 cm³/mol. The van der Waals surface area contributed by atoms with Gasteiger partial charge in [-0.25, -0.2) is 0 Å². The Balaban J connectivity index is 2.21. The van der Waals surface area contributed by atoms with E-state index in [1.165, 1.54) is 17.2 Å². The first-order valence-corrected chi connectivity index (χ1v) is 7.91. The molecule has 0 saturated carbocycles. The average molecular weight is 224 g/mol. The van der Waals surface area contributed by atoms with E-state index in [0.717, 1.165) is 5.54 Å². The molecule has 1 heteroatoms. The summed E-state index contributed by atoms with van der Waals surface area (Å²) in [7, 11) is -0.0192. The number of hydrogen-bond acceptors (Lipinski definition) is 0. The van der Waals surface area contributed by atoms with Crippen LogP contribution in [0.5, 0.6) is 0 Å². The Labute approximate surface area is 99.2 Å². The van der Waals surface area contributed by atoms with Gasteiger partial charge in [0.2, 0.25) is 0 Å². The number of benzene rings is 2. The highest BCUT2D eigenvalue weighted by Crippen LogP contribution is 2.43. The van der Waals surface area contributed by atoms with Crippen LogP contribution < -0.4 is 0 Å². The molecule has 0 saturated heterocycles. The summed E-state index contributed by atoms with van der Waals surface area (Å²) in [6, 6.07) is 19.3. The molecule has 0 aliphatic heterocycles. The molecule has 80 valence electrons. The maximum absolute atomic E-state index is 2.33. The van der Waals surface area contributed by atoms with Gasteiger partial charge in [0, 0.05) is 9.52 Å². The van der Waals surface area contributed by atoms with Crippen molar-refractivity contribution in [3.8, 4) is 11.1 Å². The fraction of sp³-hybridized carbons (Fsp3) is 0.200. The minimum absolute atomic E-state index is 0.0192. The maximum atomic E-state index is 2.33. The molecule has 0 N–H and O–H groups in total. The summed E-state index contributed by atoms with van der Waals surface area (Å²) < 4.78 is 0. The first kappa shape index (κ1) is 9.85. The van der Waals surface area contributed by atoms with Crippen LogP contribution in [0.3, 0.4) is 0 Å². The van der Waals surface area contributed by atoms with E-state index in [1.54, 1.807) is 11.1 Å².